The number of nitrogens with one attached hydrogen (secondary N) is 2. The van der Waals surface area contributed by atoms with E-state index in [0.29, 0.717) is 31.9 Å². The van der Waals surface area contributed by atoms with E-state index in [1.54, 1.807) is 11.1 Å². The van der Waals surface area contributed by atoms with Gasteiger partial charge in [0.15, 0.2) is 5.82 Å². The minimum atomic E-state index is -4.40. The molecular formula is C25H23F3N6O. The second kappa shape index (κ2) is 9.38. The number of benzene rings is 2. The Morgan fingerprint density at radius 3 is 2.46 bits per heavy atom. The molecule has 0 unspecified atom stereocenters. The monoisotopic (exact) mass is 480 g/mol. The van der Waals surface area contributed by atoms with Crippen molar-refractivity contribution < 1.29 is 18.0 Å². The zero-order chi connectivity index (χ0) is 24.4. The zero-order valence-electron chi connectivity index (χ0n) is 18.7. The van der Waals surface area contributed by atoms with Crippen LogP contribution in [0.1, 0.15) is 11.1 Å². The van der Waals surface area contributed by atoms with E-state index in [1.165, 1.54) is 12.1 Å². The van der Waals surface area contributed by atoms with Crippen LogP contribution in [-0.4, -0.2) is 57.0 Å². The minimum absolute atomic E-state index is 0.315. The van der Waals surface area contributed by atoms with Crippen molar-refractivity contribution in [2.45, 2.75) is 12.7 Å². The molecule has 0 bridgehead atoms. The fraction of sp³-hybridized carbons (Fsp3) is 0.240. The van der Waals surface area contributed by atoms with Crippen molar-refractivity contribution in [2.75, 3.05) is 31.5 Å². The predicted octanol–water partition coefficient (Wildman–Crippen LogP) is 4.99. The number of pyridine rings is 1. The van der Waals surface area contributed by atoms with Gasteiger partial charge in [-0.3, -0.25) is 9.88 Å². The predicted molar refractivity (Wildman–Crippen MR) is 127 cm³/mol. The molecule has 0 saturated carbocycles. The van der Waals surface area contributed by atoms with E-state index >= 15 is 0 Å². The Balaban J connectivity index is 1.16. The molecule has 10 heteroatoms. The van der Waals surface area contributed by atoms with Crippen LogP contribution >= 0.6 is 0 Å². The Morgan fingerprint density at radius 1 is 1.00 bits per heavy atom. The summed E-state index contributed by atoms with van der Waals surface area (Å²) in [4.78, 5) is 28.8. The maximum Gasteiger partial charge on any atom is 0.416 e. The number of carbonyl (C=O) groups is 1. The first kappa shape index (κ1) is 22.9. The van der Waals surface area contributed by atoms with Gasteiger partial charge in [0.05, 0.1) is 16.6 Å². The summed E-state index contributed by atoms with van der Waals surface area (Å²) in [7, 11) is 0. The highest BCUT2D eigenvalue weighted by molar-refractivity contribution is 5.89. The van der Waals surface area contributed by atoms with Crippen LogP contribution < -0.4 is 5.32 Å². The van der Waals surface area contributed by atoms with Gasteiger partial charge < -0.3 is 15.2 Å². The number of aromatic amines is 1. The fourth-order valence-corrected chi connectivity index (χ4v) is 4.09. The van der Waals surface area contributed by atoms with Crippen molar-refractivity contribution in [1.29, 1.82) is 0 Å². The number of imidazole rings is 1. The van der Waals surface area contributed by atoms with Crippen molar-refractivity contribution in [2.24, 2.45) is 0 Å². The van der Waals surface area contributed by atoms with Crippen LogP contribution in [0, 0.1) is 0 Å². The number of anilines is 1. The second-order valence-corrected chi connectivity index (χ2v) is 8.42. The third-order valence-electron chi connectivity index (χ3n) is 5.98. The highest BCUT2D eigenvalue weighted by Gasteiger charge is 2.30. The van der Waals surface area contributed by atoms with E-state index in [2.05, 4.69) is 37.3 Å². The summed E-state index contributed by atoms with van der Waals surface area (Å²) in [5.74, 6) is 0.727. The number of hydrogen-bond acceptors (Lipinski definition) is 4. The molecule has 0 aliphatic carbocycles. The molecular weight excluding hydrogens is 457 g/mol. The number of nitrogens with zero attached hydrogens (tertiary/aromatic N) is 4. The fourth-order valence-electron chi connectivity index (χ4n) is 4.09. The summed E-state index contributed by atoms with van der Waals surface area (Å²) in [6.07, 6.45) is -2.67. The molecule has 2 N–H and O–H groups in total. The smallest absolute Gasteiger partial charge is 0.337 e. The molecule has 2 aromatic carbocycles. The van der Waals surface area contributed by atoms with E-state index in [0.717, 1.165) is 46.8 Å². The number of amides is 2. The van der Waals surface area contributed by atoms with Crippen molar-refractivity contribution in [3.05, 3.63) is 78.0 Å². The first-order valence-electron chi connectivity index (χ1n) is 11.2. The van der Waals surface area contributed by atoms with E-state index in [9.17, 15) is 18.0 Å². The molecule has 1 aliphatic rings. The number of alkyl halides is 3. The molecule has 3 heterocycles. The average Bonchev–Trinajstić information content (AvgIpc) is 3.28. The molecule has 1 saturated heterocycles. The van der Waals surface area contributed by atoms with Gasteiger partial charge in [0.25, 0.3) is 0 Å². The van der Waals surface area contributed by atoms with Gasteiger partial charge in [-0.05, 0) is 54.1 Å². The van der Waals surface area contributed by atoms with Gasteiger partial charge in [0, 0.05) is 44.6 Å². The molecule has 0 atom stereocenters. The molecule has 35 heavy (non-hydrogen) atoms. The number of halogens is 3. The summed E-state index contributed by atoms with van der Waals surface area (Å²) < 4.78 is 38.1. The molecule has 0 spiro atoms. The molecule has 4 aromatic rings. The second-order valence-electron chi connectivity index (χ2n) is 8.42. The van der Waals surface area contributed by atoms with E-state index < -0.39 is 11.7 Å². The van der Waals surface area contributed by atoms with Crippen LogP contribution in [0.4, 0.5) is 23.7 Å². The van der Waals surface area contributed by atoms with E-state index in [-0.39, 0.29) is 6.03 Å². The largest absolute Gasteiger partial charge is 0.416 e. The Morgan fingerprint density at radius 2 is 1.77 bits per heavy atom. The number of rotatable bonds is 4. The van der Waals surface area contributed by atoms with Crippen LogP contribution in [0.15, 0.2) is 66.9 Å². The maximum absolute atomic E-state index is 12.7. The first-order valence-corrected chi connectivity index (χ1v) is 11.2. The zero-order valence-corrected chi connectivity index (χ0v) is 18.7. The summed E-state index contributed by atoms with van der Waals surface area (Å²) >= 11 is 0. The van der Waals surface area contributed by atoms with Crippen LogP contribution in [0.5, 0.6) is 0 Å². The molecule has 180 valence electrons. The van der Waals surface area contributed by atoms with Crippen LogP contribution in [0.3, 0.4) is 0 Å². The van der Waals surface area contributed by atoms with Crippen LogP contribution in [0.2, 0.25) is 0 Å². The number of carbonyl (C=O) groups excluding carboxylic acids is 1. The van der Waals surface area contributed by atoms with Crippen molar-refractivity contribution >= 4 is 22.8 Å². The van der Waals surface area contributed by atoms with Gasteiger partial charge in [0.1, 0.15) is 5.69 Å². The Bertz CT molecular complexity index is 1310. The standard InChI is InChI=1S/C25H23F3N6O/c26-25(27,28)18-5-7-19(8-6-18)30-24(35)34-13-11-33(12-14-34)16-17-4-9-20-22(15-17)32-23(31-20)21-3-1-2-10-29-21/h1-10,15H,11-14,16H2,(H,30,35)(H,31,32). The third kappa shape index (κ3) is 5.27. The molecule has 1 aliphatic heterocycles. The van der Waals surface area contributed by atoms with E-state index in [1.807, 2.05) is 24.3 Å². The number of urea groups is 1. The molecule has 7 nitrogen and oxygen atoms in total. The number of piperazine rings is 1. The molecule has 0 radical (unpaired) electrons. The quantitative estimate of drug-likeness (QED) is 0.431. The van der Waals surface area contributed by atoms with Crippen molar-refractivity contribution in [1.82, 2.24) is 24.8 Å². The van der Waals surface area contributed by atoms with Gasteiger partial charge in [-0.2, -0.15) is 13.2 Å². The summed E-state index contributed by atoms with van der Waals surface area (Å²) in [5, 5.41) is 2.68. The molecule has 5 rings (SSSR count). The lowest BCUT2D eigenvalue weighted by Crippen LogP contribution is -2.49. The third-order valence-corrected chi connectivity index (χ3v) is 5.98. The Kier molecular flexibility index (Phi) is 6.12. The van der Waals surface area contributed by atoms with Gasteiger partial charge in [0.2, 0.25) is 0 Å². The average molecular weight is 480 g/mol. The van der Waals surface area contributed by atoms with Crippen LogP contribution in [-0.2, 0) is 12.7 Å². The number of hydrogen-bond donors (Lipinski definition) is 2. The number of aromatic nitrogens is 3. The van der Waals surface area contributed by atoms with Gasteiger partial charge in [-0.1, -0.05) is 12.1 Å². The van der Waals surface area contributed by atoms with E-state index in [4.69, 9.17) is 0 Å². The topological polar surface area (TPSA) is 77.2 Å². The highest BCUT2D eigenvalue weighted by Crippen LogP contribution is 2.30. The van der Waals surface area contributed by atoms with Crippen molar-refractivity contribution in [3.8, 4) is 11.5 Å². The summed E-state index contributed by atoms with van der Waals surface area (Å²) in [5.41, 5.74) is 3.33. The number of H-pyrrole nitrogens is 1. The van der Waals surface area contributed by atoms with Crippen molar-refractivity contribution in [3.63, 3.8) is 0 Å². The molecule has 1 fully saturated rings. The lowest BCUT2D eigenvalue weighted by atomic mass is 10.1. The molecule has 2 aromatic heterocycles. The molecule has 2 amide bonds. The lowest BCUT2D eigenvalue weighted by molar-refractivity contribution is -0.137. The Labute approximate surface area is 199 Å². The Hall–Kier alpha value is -3.92. The minimum Gasteiger partial charge on any atom is -0.337 e. The lowest BCUT2D eigenvalue weighted by Gasteiger charge is -2.34. The van der Waals surface area contributed by atoms with Gasteiger partial charge >= 0.3 is 12.2 Å². The van der Waals surface area contributed by atoms with Gasteiger partial charge in [-0.25, -0.2) is 9.78 Å². The maximum atomic E-state index is 12.7. The summed E-state index contributed by atoms with van der Waals surface area (Å²) in [6.45, 7) is 3.19. The van der Waals surface area contributed by atoms with Crippen LogP contribution in [0.25, 0.3) is 22.6 Å². The number of fused-ring (bicyclic) bond motifs is 1. The highest BCUT2D eigenvalue weighted by atomic mass is 19.4. The normalized spacial score (nSPS) is 14.9. The summed E-state index contributed by atoms with van der Waals surface area (Å²) in [6, 6.07) is 16.0. The van der Waals surface area contributed by atoms with Gasteiger partial charge in [-0.15, -0.1) is 0 Å². The SMILES string of the molecule is O=C(Nc1ccc(C(F)(F)F)cc1)N1CCN(Cc2ccc3nc(-c4ccccn4)[nH]c3c2)CC1. The first-order chi connectivity index (χ1) is 16.8.